The van der Waals surface area contributed by atoms with Crippen LogP contribution in [0.2, 0.25) is 0 Å². The number of rotatable bonds is 33. The normalized spacial score (nSPS) is 11.2. The van der Waals surface area contributed by atoms with Crippen LogP contribution in [0.25, 0.3) is 0 Å². The van der Waals surface area contributed by atoms with Crippen LogP contribution in [0.3, 0.4) is 0 Å². The molecule has 0 aromatic rings. The third-order valence-electron chi connectivity index (χ3n) is 7.61. The van der Waals surface area contributed by atoms with Gasteiger partial charge in [-0.05, 0) is 12.8 Å². The summed E-state index contributed by atoms with van der Waals surface area (Å²) < 4.78 is 0. The monoisotopic (exact) mass is 600 g/mol. The summed E-state index contributed by atoms with van der Waals surface area (Å²) in [5.74, 6) is 1.96. The molecule has 0 heterocycles. The highest BCUT2D eigenvalue weighted by Crippen LogP contribution is 2.22. The highest BCUT2D eigenvalue weighted by molar-refractivity contribution is 8.76. The molecule has 0 saturated carbocycles. The molecule has 0 radical (unpaired) electrons. The number of hydrogen-bond donors (Lipinski definition) is 2. The second kappa shape index (κ2) is 34.8. The van der Waals surface area contributed by atoms with Crippen LogP contribution >= 0.6 is 21.6 Å². The zero-order valence-corrected chi connectivity index (χ0v) is 28.5. The van der Waals surface area contributed by atoms with Crippen molar-refractivity contribution in [2.45, 2.75) is 181 Å². The summed E-state index contributed by atoms with van der Waals surface area (Å²) in [6, 6.07) is 0. The molecule has 0 aliphatic heterocycles. The molecule has 238 valence electrons. The van der Waals surface area contributed by atoms with Gasteiger partial charge in [-0.2, -0.15) is 0 Å². The molecule has 0 aromatic carbocycles. The Morgan fingerprint density at radius 1 is 0.400 bits per heavy atom. The Balaban J connectivity index is 3.26. The van der Waals surface area contributed by atoms with Crippen molar-refractivity contribution in [1.29, 1.82) is 0 Å². The van der Waals surface area contributed by atoms with Gasteiger partial charge in [0.25, 0.3) is 0 Å². The Labute approximate surface area is 258 Å². The molecular formula is C34H68N2O2S2. The predicted octanol–water partition coefficient (Wildman–Crippen LogP) is 10.8. The van der Waals surface area contributed by atoms with Gasteiger partial charge in [0.2, 0.25) is 11.8 Å². The molecule has 4 nitrogen and oxygen atoms in total. The summed E-state index contributed by atoms with van der Waals surface area (Å²) in [5, 5.41) is 6.12. The molecule has 40 heavy (non-hydrogen) atoms. The summed E-state index contributed by atoms with van der Waals surface area (Å²) in [6.07, 6.45) is 33.3. The first-order valence-electron chi connectivity index (χ1n) is 17.5. The lowest BCUT2D eigenvalue weighted by atomic mass is 10.1. The van der Waals surface area contributed by atoms with Crippen molar-refractivity contribution in [3.8, 4) is 0 Å². The van der Waals surface area contributed by atoms with E-state index >= 15 is 0 Å². The Hall–Kier alpha value is -0.360. The van der Waals surface area contributed by atoms with Gasteiger partial charge in [-0.3, -0.25) is 9.59 Å². The molecule has 0 atom stereocenters. The van der Waals surface area contributed by atoms with E-state index in [0.29, 0.717) is 12.8 Å². The molecule has 0 fully saturated rings. The summed E-state index contributed by atoms with van der Waals surface area (Å²) in [7, 11) is 3.42. The van der Waals surface area contributed by atoms with Crippen molar-refractivity contribution >= 4 is 33.4 Å². The van der Waals surface area contributed by atoms with Gasteiger partial charge in [0.15, 0.2) is 0 Å². The van der Waals surface area contributed by atoms with Crippen LogP contribution in [0.5, 0.6) is 0 Å². The number of unbranched alkanes of at least 4 members (excludes halogenated alkanes) is 22. The molecule has 0 aliphatic rings. The van der Waals surface area contributed by atoms with Gasteiger partial charge in [-0.25, -0.2) is 0 Å². The lowest BCUT2D eigenvalue weighted by Crippen LogP contribution is -2.24. The molecule has 0 bridgehead atoms. The van der Waals surface area contributed by atoms with Crippen molar-refractivity contribution in [1.82, 2.24) is 10.6 Å². The van der Waals surface area contributed by atoms with E-state index in [9.17, 15) is 9.59 Å². The van der Waals surface area contributed by atoms with Crippen LogP contribution in [-0.2, 0) is 9.59 Å². The van der Waals surface area contributed by atoms with Gasteiger partial charge in [0.1, 0.15) is 0 Å². The van der Waals surface area contributed by atoms with Crippen molar-refractivity contribution in [3.05, 3.63) is 0 Å². The number of amides is 2. The minimum Gasteiger partial charge on any atom is -0.356 e. The average Bonchev–Trinajstić information content (AvgIpc) is 2.95. The first-order valence-corrected chi connectivity index (χ1v) is 20.0. The lowest BCUT2D eigenvalue weighted by Gasteiger charge is -2.06. The molecule has 0 rings (SSSR count). The topological polar surface area (TPSA) is 58.2 Å². The molecule has 2 amide bonds. The molecule has 0 spiro atoms. The van der Waals surface area contributed by atoms with Crippen LogP contribution in [0.4, 0.5) is 0 Å². The zero-order valence-electron chi connectivity index (χ0n) is 26.8. The van der Waals surface area contributed by atoms with E-state index in [4.69, 9.17) is 0 Å². The lowest BCUT2D eigenvalue weighted by molar-refractivity contribution is -0.121. The zero-order chi connectivity index (χ0) is 29.2. The van der Waals surface area contributed by atoms with Gasteiger partial charge in [0, 0.05) is 37.4 Å². The molecule has 0 aromatic heterocycles. The largest absolute Gasteiger partial charge is 0.356 e. The summed E-state index contributed by atoms with van der Waals surface area (Å²) >= 11 is 0. The van der Waals surface area contributed by atoms with Crippen molar-refractivity contribution in [2.75, 3.05) is 24.6 Å². The maximum Gasteiger partial charge on any atom is 0.220 e. The van der Waals surface area contributed by atoms with E-state index in [1.807, 2.05) is 0 Å². The van der Waals surface area contributed by atoms with E-state index in [-0.39, 0.29) is 11.8 Å². The standard InChI is InChI=1S/C34H68N2O2S2/c1-3-5-7-9-11-13-15-17-19-21-23-25-29-35-33(37)27-31-39-40-32-28-34(38)36-30-26-24-22-20-18-16-14-12-10-8-6-4-2/h3-32H2,1-2H3,(H,35,37)(H,36,38). The van der Waals surface area contributed by atoms with Crippen molar-refractivity contribution in [3.63, 3.8) is 0 Å². The fourth-order valence-electron chi connectivity index (χ4n) is 4.95. The number of carbonyl (C=O) groups excluding carboxylic acids is 2. The maximum absolute atomic E-state index is 12.0. The SMILES string of the molecule is CCCCCCCCCCCCCCNC(=O)CCSSCCC(=O)NCCCCCCCCCCCCCC. The Morgan fingerprint density at radius 3 is 0.925 bits per heavy atom. The predicted molar refractivity (Wildman–Crippen MR) is 182 cm³/mol. The van der Waals surface area contributed by atoms with Crippen LogP contribution < -0.4 is 10.6 Å². The highest BCUT2D eigenvalue weighted by Gasteiger charge is 2.04. The van der Waals surface area contributed by atoms with Crippen molar-refractivity contribution < 1.29 is 9.59 Å². The van der Waals surface area contributed by atoms with Crippen LogP contribution in [0, 0.1) is 0 Å². The van der Waals surface area contributed by atoms with Crippen LogP contribution in [0.15, 0.2) is 0 Å². The third-order valence-corrected chi connectivity index (χ3v) is 10.0. The Kier molecular flexibility index (Phi) is 34.5. The fourth-order valence-corrected chi connectivity index (χ4v) is 6.93. The molecular weight excluding hydrogens is 533 g/mol. The van der Waals surface area contributed by atoms with E-state index in [1.165, 1.54) is 141 Å². The van der Waals surface area contributed by atoms with E-state index in [1.54, 1.807) is 21.6 Å². The number of hydrogen-bond acceptors (Lipinski definition) is 4. The molecule has 6 heteroatoms. The molecule has 0 unspecified atom stereocenters. The van der Waals surface area contributed by atoms with Gasteiger partial charge in [-0.1, -0.05) is 177 Å². The van der Waals surface area contributed by atoms with E-state index < -0.39 is 0 Å². The van der Waals surface area contributed by atoms with Crippen LogP contribution in [-0.4, -0.2) is 36.4 Å². The quantitative estimate of drug-likeness (QED) is 0.0581. The maximum atomic E-state index is 12.0. The summed E-state index contributed by atoms with van der Waals surface area (Å²) in [4.78, 5) is 24.0. The smallest absolute Gasteiger partial charge is 0.220 e. The summed E-state index contributed by atoms with van der Waals surface area (Å²) in [6.45, 7) is 6.17. The minimum absolute atomic E-state index is 0.163. The van der Waals surface area contributed by atoms with Crippen LogP contribution in [0.1, 0.15) is 181 Å². The highest BCUT2D eigenvalue weighted by atomic mass is 33.1. The van der Waals surface area contributed by atoms with E-state index in [0.717, 1.165) is 37.4 Å². The first kappa shape index (κ1) is 39.6. The fraction of sp³-hybridized carbons (Fsp3) is 0.941. The average molecular weight is 601 g/mol. The van der Waals surface area contributed by atoms with Gasteiger partial charge in [-0.15, -0.1) is 0 Å². The minimum atomic E-state index is 0.163. The Bertz CT molecular complexity index is 488. The number of carbonyl (C=O) groups is 2. The second-order valence-electron chi connectivity index (χ2n) is 11.6. The van der Waals surface area contributed by atoms with Gasteiger partial charge >= 0.3 is 0 Å². The van der Waals surface area contributed by atoms with Crippen molar-refractivity contribution in [2.24, 2.45) is 0 Å². The second-order valence-corrected chi connectivity index (χ2v) is 14.3. The number of nitrogens with one attached hydrogen (secondary N) is 2. The van der Waals surface area contributed by atoms with Gasteiger partial charge < -0.3 is 10.6 Å². The van der Waals surface area contributed by atoms with Gasteiger partial charge in [0.05, 0.1) is 0 Å². The molecule has 0 saturated heterocycles. The Morgan fingerprint density at radius 2 is 0.650 bits per heavy atom. The summed E-state index contributed by atoms with van der Waals surface area (Å²) in [5.41, 5.74) is 0. The molecule has 2 N–H and O–H groups in total. The third kappa shape index (κ3) is 33.8. The first-order chi connectivity index (χ1) is 19.7. The molecule has 0 aliphatic carbocycles. The van der Waals surface area contributed by atoms with E-state index in [2.05, 4.69) is 24.5 Å².